The average molecular weight is 877 g/mol. The fraction of sp³-hybridized carbons (Fsp3) is 0.643. The zero-order valence-corrected chi connectivity index (χ0v) is 34.0. The van der Waals surface area contributed by atoms with Crippen LogP contribution in [0.4, 0.5) is 11.6 Å². The molecule has 25 nitrogen and oxygen atoms in total. The van der Waals surface area contributed by atoms with E-state index in [1.807, 2.05) is 0 Å². The molecule has 0 amide bonds. The molecule has 0 aromatic carbocycles. The third-order valence-corrected chi connectivity index (χ3v) is 22.5. The van der Waals surface area contributed by atoms with Crippen molar-refractivity contribution in [3.05, 3.63) is 25.3 Å². The van der Waals surface area contributed by atoms with Crippen molar-refractivity contribution >= 4 is 64.3 Å². The van der Waals surface area contributed by atoms with E-state index in [2.05, 4.69) is 29.9 Å². The van der Waals surface area contributed by atoms with Gasteiger partial charge in [0.1, 0.15) is 60.3 Å². The molecule has 0 spiro atoms. The van der Waals surface area contributed by atoms with Gasteiger partial charge in [-0.25, -0.2) is 42.8 Å². The summed E-state index contributed by atoms with van der Waals surface area (Å²) in [5, 5.41) is 0. The monoisotopic (exact) mass is 876 g/mol. The number of fused-ring (bicyclic) bond motifs is 6. The summed E-state index contributed by atoms with van der Waals surface area (Å²) in [7, 11) is -18.4. The third kappa shape index (κ3) is 6.61. The number of nitrogens with zero attached hydrogens (tertiary/aromatic N) is 8. The first-order chi connectivity index (χ1) is 26.8. The molecule has 12 atom stereocenters. The lowest BCUT2D eigenvalue weighted by molar-refractivity contribution is -0.199. The van der Waals surface area contributed by atoms with Crippen LogP contribution in [-0.4, -0.2) is 112 Å². The molecule has 57 heavy (non-hydrogen) atoms. The predicted molar refractivity (Wildman–Crippen MR) is 190 cm³/mol. The van der Waals surface area contributed by atoms with Gasteiger partial charge in [-0.05, 0) is 27.7 Å². The first-order valence-corrected chi connectivity index (χ1v) is 24.4. The van der Waals surface area contributed by atoms with Gasteiger partial charge in [0.2, 0.25) is 0 Å². The second kappa shape index (κ2) is 12.8. The van der Waals surface area contributed by atoms with Gasteiger partial charge in [-0.15, -0.1) is 0 Å². The molecule has 308 valence electrons. The topological polar surface area (TPSA) is 309 Å². The maximum atomic E-state index is 14.1. The number of ether oxygens (including phenoxy) is 6. The van der Waals surface area contributed by atoms with Crippen molar-refractivity contribution in [2.24, 2.45) is 0 Å². The highest BCUT2D eigenvalue weighted by Gasteiger charge is 2.65. The number of imidazole rings is 2. The van der Waals surface area contributed by atoms with Crippen molar-refractivity contribution in [3.63, 3.8) is 0 Å². The van der Waals surface area contributed by atoms with Crippen LogP contribution >= 0.6 is 30.4 Å². The predicted octanol–water partition coefficient (Wildman–Crippen LogP) is 3.46. The summed E-state index contributed by atoms with van der Waals surface area (Å²) in [6.45, 7) is 5.93. The first-order valence-electron chi connectivity index (χ1n) is 17.5. The molecule has 6 saturated heterocycles. The van der Waals surface area contributed by atoms with E-state index < -0.39 is 116 Å². The van der Waals surface area contributed by atoms with Crippen LogP contribution < -0.4 is 11.5 Å². The quantitative estimate of drug-likeness (QED) is 0.239. The van der Waals surface area contributed by atoms with Gasteiger partial charge in [-0.1, -0.05) is 0 Å². The van der Waals surface area contributed by atoms with Crippen LogP contribution in [0.1, 0.15) is 40.2 Å². The Morgan fingerprint density at radius 3 is 1.46 bits per heavy atom. The van der Waals surface area contributed by atoms with E-state index in [9.17, 15) is 18.3 Å². The Hall–Kier alpha value is -2.82. The highest BCUT2D eigenvalue weighted by atomic mass is 31.3. The second-order valence-corrected chi connectivity index (χ2v) is 24.6. The molecule has 6 fully saturated rings. The molecular formula is C28H36N10O15P4. The maximum Gasteiger partial charge on any atom is 0.357 e. The van der Waals surface area contributed by atoms with Gasteiger partial charge in [-0.2, -0.15) is 0 Å². The summed E-state index contributed by atoms with van der Waals surface area (Å²) in [5.41, 5.74) is 13.4. The van der Waals surface area contributed by atoms with Crippen molar-refractivity contribution in [2.45, 2.75) is 88.3 Å². The van der Waals surface area contributed by atoms with Crippen LogP contribution in [0.25, 0.3) is 22.3 Å². The molecule has 0 radical (unpaired) electrons. The molecule has 4 N–H and O–H groups in total. The van der Waals surface area contributed by atoms with E-state index >= 15 is 0 Å². The Kier molecular flexibility index (Phi) is 8.65. The van der Waals surface area contributed by atoms with Crippen LogP contribution in [-0.2, 0) is 68.7 Å². The Bertz CT molecular complexity index is 2310. The summed E-state index contributed by atoms with van der Waals surface area (Å²) in [5.74, 6) is -3.81. The molecule has 0 saturated carbocycles. The summed E-state index contributed by atoms with van der Waals surface area (Å²) in [6, 6.07) is 0. The molecule has 0 aliphatic carbocycles. The molecule has 4 aromatic rings. The lowest BCUT2D eigenvalue weighted by Gasteiger charge is -2.39. The Morgan fingerprint density at radius 1 is 0.632 bits per heavy atom. The summed E-state index contributed by atoms with van der Waals surface area (Å²) in [6.07, 6.45) is -1.04. The van der Waals surface area contributed by atoms with Gasteiger partial charge in [0.05, 0.1) is 25.9 Å². The molecule has 6 aliphatic rings. The highest BCUT2D eigenvalue weighted by molar-refractivity contribution is 7.91. The number of hydrogen-bond acceptors (Lipinski definition) is 23. The number of nitrogens with two attached hydrogens (primary N) is 2. The molecule has 2 bridgehead atoms. The molecule has 4 unspecified atom stereocenters. The van der Waals surface area contributed by atoms with Gasteiger partial charge < -0.3 is 48.9 Å². The zero-order valence-electron chi connectivity index (χ0n) is 30.4. The fourth-order valence-electron chi connectivity index (χ4n) is 7.83. The van der Waals surface area contributed by atoms with Crippen molar-refractivity contribution in [1.29, 1.82) is 0 Å². The van der Waals surface area contributed by atoms with Crippen molar-refractivity contribution in [3.8, 4) is 0 Å². The summed E-state index contributed by atoms with van der Waals surface area (Å²) in [4.78, 5) is 25.1. The van der Waals surface area contributed by atoms with E-state index in [4.69, 9.17) is 61.9 Å². The lowest BCUT2D eigenvalue weighted by atomic mass is 10.1. The number of anilines is 2. The molecule has 29 heteroatoms. The SMILES string of the molecule is CC1(C)O[C@@H]2[C@H](O1)[C@@H](COP1(=O)CP3(=O)OP(=O)(OC[C@H]4O[C@@H](n5cnc6c(N)ncnc65)[C@@H]5OC(C)(C)O[C@@H]54)CP(=O)(O1)O3)O[C@H]2n1cnc2c(N)ncnc21. The normalized spacial score (nSPS) is 41.8. The third-order valence-electron chi connectivity index (χ3n) is 9.88. The first kappa shape index (κ1) is 38.4. The van der Waals surface area contributed by atoms with Crippen LogP contribution in [0.15, 0.2) is 25.3 Å². The van der Waals surface area contributed by atoms with Crippen molar-refractivity contribution in [2.75, 3.05) is 36.5 Å². The summed E-state index contributed by atoms with van der Waals surface area (Å²) >= 11 is 0. The van der Waals surface area contributed by atoms with Gasteiger partial charge in [0.25, 0.3) is 0 Å². The number of aromatic nitrogens is 8. The highest BCUT2D eigenvalue weighted by Crippen LogP contribution is 2.91. The molecular weight excluding hydrogens is 840 g/mol. The summed E-state index contributed by atoms with van der Waals surface area (Å²) < 4.78 is 124. The largest absolute Gasteiger partial charge is 0.382 e. The van der Waals surface area contributed by atoms with Crippen molar-refractivity contribution in [1.82, 2.24) is 39.0 Å². The second-order valence-electron chi connectivity index (χ2n) is 15.0. The van der Waals surface area contributed by atoms with E-state index in [0.717, 1.165) is 0 Å². The van der Waals surface area contributed by atoms with Gasteiger partial charge in [-0.3, -0.25) is 27.4 Å². The smallest absolute Gasteiger partial charge is 0.357 e. The number of nitrogen functional groups attached to an aromatic ring is 2. The lowest BCUT2D eigenvalue weighted by Crippen LogP contribution is -2.33. The molecule has 4 aromatic heterocycles. The van der Waals surface area contributed by atoms with E-state index in [1.54, 1.807) is 36.8 Å². The van der Waals surface area contributed by atoms with E-state index in [1.165, 1.54) is 25.3 Å². The fourth-order valence-corrected chi connectivity index (χ4v) is 22.4. The van der Waals surface area contributed by atoms with Crippen LogP contribution in [0.3, 0.4) is 0 Å². The number of hydrogen-bond donors (Lipinski definition) is 2. The average Bonchev–Trinajstić information content (AvgIpc) is 3.93. The zero-order chi connectivity index (χ0) is 39.9. The molecule has 10 heterocycles. The van der Waals surface area contributed by atoms with Gasteiger partial charge in [0, 0.05) is 0 Å². The van der Waals surface area contributed by atoms with Crippen LogP contribution in [0.2, 0.25) is 0 Å². The van der Waals surface area contributed by atoms with E-state index in [-0.39, 0.29) is 11.6 Å². The van der Waals surface area contributed by atoms with Gasteiger partial charge >= 0.3 is 30.4 Å². The molecule has 10 rings (SSSR count). The van der Waals surface area contributed by atoms with Crippen molar-refractivity contribution < 1.29 is 68.7 Å². The minimum Gasteiger partial charge on any atom is -0.382 e. The van der Waals surface area contributed by atoms with Crippen LogP contribution in [0.5, 0.6) is 0 Å². The Labute approximate surface area is 321 Å². The van der Waals surface area contributed by atoms with Crippen LogP contribution in [0, 0.1) is 0 Å². The Balaban J connectivity index is 0.833. The minimum absolute atomic E-state index is 0.164. The van der Waals surface area contributed by atoms with E-state index in [0.29, 0.717) is 22.3 Å². The standard InChI is InChI=1S/C28H36N10O15P4/c1-27(2)47-17-13(45-25(19(17)49-27)37-9-35-15-21(29)31-7-33-23(15)37)5-43-54(39)11-56(41)52-55(40,12-57(42,51-54)53-56)44-6-14-18-20(50-28(3,4)48-18)26(46-14)38-10-36-16-22(30)32-8-34-24(16)38/h7-10,13-14,17-20,25-26H,5-6,11-12H2,1-4H3,(H2,29,31,33)(H2,30,32,34)/t13-,14-,17-,18-,19-,20-,25-,26-,54?,55?,56?,57?/m1/s1. The minimum atomic E-state index is -4.68. The Morgan fingerprint density at radius 2 is 1.04 bits per heavy atom. The molecule has 6 aliphatic heterocycles. The number of rotatable bonds is 8. The maximum absolute atomic E-state index is 14.1. The van der Waals surface area contributed by atoms with Gasteiger partial charge in [0.15, 0.2) is 58.8 Å².